The molecular formula is C23H22N4O4. The van der Waals surface area contributed by atoms with Gasteiger partial charge < -0.3 is 20.7 Å². The van der Waals surface area contributed by atoms with Crippen LogP contribution in [0.2, 0.25) is 0 Å². The fourth-order valence-electron chi connectivity index (χ4n) is 3.88. The van der Waals surface area contributed by atoms with Crippen molar-refractivity contribution in [2.45, 2.75) is 26.7 Å². The summed E-state index contributed by atoms with van der Waals surface area (Å²) in [5, 5.41) is 15.6. The molecule has 1 unspecified atom stereocenters. The topological polar surface area (TPSA) is 124 Å². The number of anilines is 3. The van der Waals surface area contributed by atoms with E-state index in [0.717, 1.165) is 5.69 Å². The molecule has 3 aromatic rings. The number of carboxylic acids is 1. The van der Waals surface area contributed by atoms with Crippen LogP contribution in [-0.4, -0.2) is 32.7 Å². The number of Topliss-reactive ketones (excluding diaryl/α,β-unsaturated/α-hetero) is 1. The van der Waals surface area contributed by atoms with Crippen LogP contribution in [0, 0.1) is 5.41 Å². The molecule has 0 saturated heterocycles. The van der Waals surface area contributed by atoms with Crippen LogP contribution in [0.4, 0.5) is 17.2 Å². The second kappa shape index (κ2) is 7.71. The molecule has 8 nitrogen and oxygen atoms in total. The lowest BCUT2D eigenvalue weighted by atomic mass is 9.74. The molecule has 0 fully saturated rings. The van der Waals surface area contributed by atoms with Crippen LogP contribution in [-0.2, 0) is 16.0 Å². The lowest BCUT2D eigenvalue weighted by Gasteiger charge is -2.28. The first-order valence-electron chi connectivity index (χ1n) is 9.84. The van der Waals surface area contributed by atoms with E-state index in [9.17, 15) is 19.5 Å². The third-order valence-electron chi connectivity index (χ3n) is 5.39. The van der Waals surface area contributed by atoms with Crippen LogP contribution >= 0.6 is 0 Å². The Bertz CT molecular complexity index is 1190. The predicted molar refractivity (Wildman–Crippen MR) is 116 cm³/mol. The van der Waals surface area contributed by atoms with Crippen molar-refractivity contribution in [3.63, 3.8) is 0 Å². The zero-order valence-electron chi connectivity index (χ0n) is 17.2. The second-order valence-electron chi connectivity index (χ2n) is 7.97. The highest BCUT2D eigenvalue weighted by molar-refractivity contribution is 6.09. The molecule has 4 N–H and O–H groups in total. The number of aromatic nitrogens is 2. The van der Waals surface area contributed by atoms with E-state index in [-0.39, 0.29) is 24.5 Å². The number of amides is 1. The van der Waals surface area contributed by atoms with E-state index in [4.69, 9.17) is 0 Å². The van der Waals surface area contributed by atoms with E-state index in [1.54, 1.807) is 25.3 Å². The van der Waals surface area contributed by atoms with E-state index in [0.29, 0.717) is 34.0 Å². The third kappa shape index (κ3) is 3.92. The van der Waals surface area contributed by atoms with Gasteiger partial charge in [0.2, 0.25) is 5.91 Å². The highest BCUT2D eigenvalue weighted by Crippen LogP contribution is 2.43. The number of ketones is 1. The Hall–Kier alpha value is -3.94. The number of hydrogen-bond acceptors (Lipinski definition) is 5. The number of nitrogens with one attached hydrogen (secondary N) is 3. The van der Waals surface area contributed by atoms with Gasteiger partial charge in [0, 0.05) is 42.9 Å². The van der Waals surface area contributed by atoms with Crippen LogP contribution in [0.1, 0.15) is 36.3 Å². The molecule has 8 heteroatoms. The number of H-pyrrole nitrogens is 1. The number of carboxylic acid groups (broad SMARTS) is 1. The van der Waals surface area contributed by atoms with Crippen LogP contribution in [0.3, 0.4) is 0 Å². The maximum absolute atomic E-state index is 13.1. The summed E-state index contributed by atoms with van der Waals surface area (Å²) in [6.07, 6.45) is 1.69. The van der Waals surface area contributed by atoms with Gasteiger partial charge in [-0.3, -0.25) is 14.4 Å². The normalized spacial score (nSPS) is 17.7. The van der Waals surface area contributed by atoms with Crippen LogP contribution in [0.5, 0.6) is 0 Å². The fraction of sp³-hybridized carbons (Fsp3) is 0.217. The summed E-state index contributed by atoms with van der Waals surface area (Å²) < 4.78 is 0. The highest BCUT2D eigenvalue weighted by Gasteiger charge is 2.43. The first kappa shape index (κ1) is 20.3. The number of benzene rings is 1. The SMILES string of the molecule is CC(=O)Nc1cc(-c2[nH]c3c(c2Nc2ccccc2)C(=O)CC(C)(C(=O)O)C3)ccn1. The van der Waals surface area contributed by atoms with Gasteiger partial charge in [0.05, 0.1) is 22.4 Å². The molecule has 0 bridgehead atoms. The molecule has 1 atom stereocenters. The fourth-order valence-corrected chi connectivity index (χ4v) is 3.88. The van der Waals surface area contributed by atoms with Crippen molar-refractivity contribution in [2.24, 2.45) is 5.41 Å². The average Bonchev–Trinajstić information content (AvgIpc) is 3.06. The van der Waals surface area contributed by atoms with Gasteiger partial charge in [-0.25, -0.2) is 4.98 Å². The van der Waals surface area contributed by atoms with Gasteiger partial charge in [-0.1, -0.05) is 18.2 Å². The maximum Gasteiger partial charge on any atom is 0.310 e. The molecule has 0 aliphatic heterocycles. The number of carbonyl (C=O) groups excluding carboxylic acids is 2. The van der Waals surface area contributed by atoms with Crippen LogP contribution < -0.4 is 10.6 Å². The number of nitrogens with zero attached hydrogens (tertiary/aromatic N) is 1. The predicted octanol–water partition coefficient (Wildman–Crippen LogP) is 4.00. The van der Waals surface area contributed by atoms with E-state index in [1.165, 1.54) is 6.92 Å². The minimum atomic E-state index is -1.17. The number of aliphatic carboxylic acids is 1. The molecule has 2 heterocycles. The maximum atomic E-state index is 13.1. The molecule has 0 saturated carbocycles. The van der Waals surface area contributed by atoms with Crippen LogP contribution in [0.25, 0.3) is 11.3 Å². The Balaban J connectivity index is 1.86. The molecule has 31 heavy (non-hydrogen) atoms. The Kier molecular flexibility index (Phi) is 5.06. The van der Waals surface area contributed by atoms with Crippen molar-refractivity contribution in [2.75, 3.05) is 10.6 Å². The summed E-state index contributed by atoms with van der Waals surface area (Å²) in [4.78, 5) is 43.7. The minimum Gasteiger partial charge on any atom is -0.481 e. The number of para-hydroxylation sites is 1. The average molecular weight is 418 g/mol. The van der Waals surface area contributed by atoms with Crippen molar-refractivity contribution in [1.29, 1.82) is 0 Å². The van der Waals surface area contributed by atoms with Crippen molar-refractivity contribution >= 4 is 34.9 Å². The van der Waals surface area contributed by atoms with E-state index >= 15 is 0 Å². The van der Waals surface area contributed by atoms with E-state index < -0.39 is 11.4 Å². The Morgan fingerprint density at radius 3 is 2.58 bits per heavy atom. The van der Waals surface area contributed by atoms with Crippen molar-refractivity contribution in [3.05, 3.63) is 59.9 Å². The van der Waals surface area contributed by atoms with Gasteiger partial charge in [0.25, 0.3) is 0 Å². The highest BCUT2D eigenvalue weighted by atomic mass is 16.4. The van der Waals surface area contributed by atoms with Crippen LogP contribution in [0.15, 0.2) is 48.7 Å². The Morgan fingerprint density at radius 1 is 1.16 bits per heavy atom. The molecule has 1 aromatic carbocycles. The molecular weight excluding hydrogens is 396 g/mol. The molecule has 0 spiro atoms. The lowest BCUT2D eigenvalue weighted by molar-refractivity contribution is -0.148. The Morgan fingerprint density at radius 2 is 1.90 bits per heavy atom. The number of rotatable bonds is 5. The largest absolute Gasteiger partial charge is 0.481 e. The number of fused-ring (bicyclic) bond motifs is 1. The van der Waals surface area contributed by atoms with E-state index in [2.05, 4.69) is 20.6 Å². The van der Waals surface area contributed by atoms with Gasteiger partial charge in [-0.2, -0.15) is 0 Å². The smallest absolute Gasteiger partial charge is 0.310 e. The van der Waals surface area contributed by atoms with E-state index in [1.807, 2.05) is 30.3 Å². The first-order valence-corrected chi connectivity index (χ1v) is 9.84. The van der Waals surface area contributed by atoms with Gasteiger partial charge in [-0.05, 0) is 31.2 Å². The zero-order chi connectivity index (χ0) is 22.2. The minimum absolute atomic E-state index is 0.0798. The monoisotopic (exact) mass is 418 g/mol. The third-order valence-corrected chi connectivity index (χ3v) is 5.39. The first-order chi connectivity index (χ1) is 14.8. The molecule has 4 rings (SSSR count). The van der Waals surface area contributed by atoms with Gasteiger partial charge in [-0.15, -0.1) is 0 Å². The quantitative estimate of drug-likeness (QED) is 0.496. The number of pyridine rings is 1. The number of carbonyl (C=O) groups is 3. The van der Waals surface area contributed by atoms with Crippen molar-refractivity contribution in [1.82, 2.24) is 9.97 Å². The summed E-state index contributed by atoms with van der Waals surface area (Å²) in [6, 6.07) is 12.9. The van der Waals surface area contributed by atoms with Crippen molar-refractivity contribution in [3.8, 4) is 11.3 Å². The summed E-state index contributed by atoms with van der Waals surface area (Å²) in [6.45, 7) is 2.98. The molecule has 0 radical (unpaired) electrons. The summed E-state index contributed by atoms with van der Waals surface area (Å²) in [5.41, 5.74) is 2.58. The van der Waals surface area contributed by atoms with Gasteiger partial charge >= 0.3 is 5.97 Å². The summed E-state index contributed by atoms with van der Waals surface area (Å²) >= 11 is 0. The molecule has 1 aliphatic rings. The molecule has 1 amide bonds. The molecule has 1 aliphatic carbocycles. The molecule has 158 valence electrons. The lowest BCUT2D eigenvalue weighted by Crippen LogP contribution is -2.36. The van der Waals surface area contributed by atoms with Gasteiger partial charge in [0.1, 0.15) is 5.82 Å². The number of aromatic amines is 1. The standard InChI is InChI=1S/C23H22N4O4/c1-13(28)25-18-10-14(8-9-24-18)20-21(26-15-6-4-3-5-7-15)19-16(27-20)11-23(2,22(30)31)12-17(19)29/h3-10,26-27H,11-12H2,1-2H3,(H,30,31)(H,24,25,28). The summed E-state index contributed by atoms with van der Waals surface area (Å²) in [7, 11) is 0. The second-order valence-corrected chi connectivity index (χ2v) is 7.97. The van der Waals surface area contributed by atoms with Crippen molar-refractivity contribution < 1.29 is 19.5 Å². The molecule has 2 aromatic heterocycles. The number of hydrogen-bond donors (Lipinski definition) is 4. The Labute approximate surface area is 178 Å². The zero-order valence-corrected chi connectivity index (χ0v) is 17.2. The van der Waals surface area contributed by atoms with Gasteiger partial charge in [0.15, 0.2) is 5.78 Å². The summed E-state index contributed by atoms with van der Waals surface area (Å²) in [5.74, 6) is -1.10.